The normalized spacial score (nSPS) is 11.0. The summed E-state index contributed by atoms with van der Waals surface area (Å²) in [6.07, 6.45) is 4.31. The lowest BCUT2D eigenvalue weighted by Gasteiger charge is -2.19. The zero-order valence-electron chi connectivity index (χ0n) is 25.4. The zero-order valence-corrected chi connectivity index (χ0v) is 25.4. The van der Waals surface area contributed by atoms with Crippen LogP contribution < -0.4 is 0 Å². The monoisotopic (exact) mass is 554 g/mol. The molecule has 0 aliphatic heterocycles. The standard InChI is InChI=1S/C38H28.C5H10/c1-25-23-30(20-21-31(25)36-24-29-15-7-6-14-28(29)22-26(36)2)38-34-18-10-8-16-32(34)37(27-12-4-3-5-13-27)33-17-9-11-19-35(33)38;1-3-5-4-2/h3-24H,1-2H3;3H,1,4-5H2,2H3. The van der Waals surface area contributed by atoms with Gasteiger partial charge in [-0.25, -0.2) is 0 Å². The van der Waals surface area contributed by atoms with Crippen LogP contribution in [0.5, 0.6) is 0 Å². The highest BCUT2D eigenvalue weighted by Gasteiger charge is 2.17. The number of hydrogen-bond acceptors (Lipinski definition) is 0. The topological polar surface area (TPSA) is 0 Å². The Morgan fingerprint density at radius 3 is 1.49 bits per heavy atom. The van der Waals surface area contributed by atoms with E-state index in [0.29, 0.717) is 0 Å². The van der Waals surface area contributed by atoms with E-state index in [-0.39, 0.29) is 0 Å². The van der Waals surface area contributed by atoms with Crippen molar-refractivity contribution in [2.24, 2.45) is 0 Å². The number of unbranched alkanes of at least 4 members (excludes halogenated alkanes) is 1. The van der Waals surface area contributed by atoms with Gasteiger partial charge in [0.25, 0.3) is 0 Å². The summed E-state index contributed by atoms with van der Waals surface area (Å²) in [7, 11) is 0. The molecule has 0 saturated heterocycles. The average Bonchev–Trinajstić information content (AvgIpc) is 3.04. The van der Waals surface area contributed by atoms with Gasteiger partial charge in [0, 0.05) is 0 Å². The van der Waals surface area contributed by atoms with E-state index in [1.165, 1.54) is 83.2 Å². The fraction of sp³-hybridized carbons (Fsp3) is 0.116. The third kappa shape index (κ3) is 5.49. The molecule has 0 nitrogen and oxygen atoms in total. The minimum Gasteiger partial charge on any atom is -0.103 e. The summed E-state index contributed by atoms with van der Waals surface area (Å²) in [4.78, 5) is 0. The number of rotatable bonds is 5. The molecular formula is C43H38. The first-order valence-corrected chi connectivity index (χ1v) is 15.3. The first-order chi connectivity index (χ1) is 21.1. The number of allylic oxidation sites excluding steroid dienone is 1. The minimum absolute atomic E-state index is 1.15. The summed E-state index contributed by atoms with van der Waals surface area (Å²) in [5.74, 6) is 0. The maximum absolute atomic E-state index is 3.55. The van der Waals surface area contributed by atoms with Gasteiger partial charge >= 0.3 is 0 Å². The summed E-state index contributed by atoms with van der Waals surface area (Å²) in [6, 6.07) is 48.8. The number of fused-ring (bicyclic) bond motifs is 3. The Morgan fingerprint density at radius 1 is 0.488 bits per heavy atom. The quantitative estimate of drug-likeness (QED) is 0.147. The highest BCUT2D eigenvalue weighted by molar-refractivity contribution is 6.21. The van der Waals surface area contributed by atoms with Gasteiger partial charge in [0.05, 0.1) is 0 Å². The predicted molar refractivity (Wildman–Crippen MR) is 190 cm³/mol. The van der Waals surface area contributed by atoms with Gasteiger partial charge in [-0.1, -0.05) is 147 Å². The zero-order chi connectivity index (χ0) is 29.8. The third-order valence-electron chi connectivity index (χ3n) is 8.38. The Hall–Kier alpha value is -4.94. The fourth-order valence-corrected chi connectivity index (χ4v) is 6.33. The Morgan fingerprint density at radius 2 is 0.977 bits per heavy atom. The molecule has 43 heavy (non-hydrogen) atoms. The van der Waals surface area contributed by atoms with E-state index in [1.54, 1.807) is 0 Å². The van der Waals surface area contributed by atoms with Crippen molar-refractivity contribution in [1.29, 1.82) is 0 Å². The van der Waals surface area contributed by atoms with Crippen molar-refractivity contribution in [2.75, 3.05) is 0 Å². The van der Waals surface area contributed by atoms with Crippen molar-refractivity contribution in [1.82, 2.24) is 0 Å². The molecule has 7 aromatic carbocycles. The molecule has 0 bridgehead atoms. The molecule has 0 fully saturated rings. The van der Waals surface area contributed by atoms with Crippen LogP contribution in [0.3, 0.4) is 0 Å². The molecule has 0 radical (unpaired) electrons. The van der Waals surface area contributed by atoms with Gasteiger partial charge in [0.1, 0.15) is 0 Å². The van der Waals surface area contributed by atoms with Gasteiger partial charge in [-0.05, 0) is 103 Å². The second kappa shape index (κ2) is 12.5. The smallest absolute Gasteiger partial charge is 0.00263 e. The van der Waals surface area contributed by atoms with Crippen LogP contribution in [-0.4, -0.2) is 0 Å². The second-order valence-electron chi connectivity index (χ2n) is 11.3. The molecule has 0 amide bonds. The average molecular weight is 555 g/mol. The first kappa shape index (κ1) is 28.2. The van der Waals surface area contributed by atoms with Gasteiger partial charge in [-0.15, -0.1) is 6.58 Å². The van der Waals surface area contributed by atoms with E-state index >= 15 is 0 Å². The molecule has 0 atom stereocenters. The Bertz CT molecular complexity index is 2000. The SMILES string of the molecule is C=CCCC.Cc1cc(-c2c3ccccc3c(-c3ccccc3)c3ccccc23)ccc1-c1cc2ccccc2cc1C. The van der Waals surface area contributed by atoms with Crippen LogP contribution >= 0.6 is 0 Å². The number of benzene rings is 7. The fourth-order valence-electron chi connectivity index (χ4n) is 6.33. The van der Waals surface area contributed by atoms with Gasteiger partial charge in [-0.2, -0.15) is 0 Å². The molecule has 0 unspecified atom stereocenters. The van der Waals surface area contributed by atoms with E-state index in [1.807, 2.05) is 6.08 Å². The van der Waals surface area contributed by atoms with Crippen molar-refractivity contribution >= 4 is 32.3 Å². The lowest BCUT2D eigenvalue weighted by Crippen LogP contribution is -1.92. The summed E-state index contributed by atoms with van der Waals surface area (Å²) < 4.78 is 0. The lowest BCUT2D eigenvalue weighted by molar-refractivity contribution is 0.961. The van der Waals surface area contributed by atoms with Crippen molar-refractivity contribution in [3.05, 3.63) is 157 Å². The minimum atomic E-state index is 1.15. The van der Waals surface area contributed by atoms with E-state index < -0.39 is 0 Å². The maximum atomic E-state index is 3.55. The Kier molecular flexibility index (Phi) is 8.20. The molecule has 0 heterocycles. The Balaban J connectivity index is 0.000000611. The van der Waals surface area contributed by atoms with Crippen LogP contribution in [-0.2, 0) is 0 Å². The number of aryl methyl sites for hydroxylation is 2. The van der Waals surface area contributed by atoms with Gasteiger partial charge < -0.3 is 0 Å². The molecule has 0 spiro atoms. The van der Waals surface area contributed by atoms with E-state index in [0.717, 1.165) is 6.42 Å². The highest BCUT2D eigenvalue weighted by atomic mass is 14.2. The van der Waals surface area contributed by atoms with Gasteiger partial charge in [0.15, 0.2) is 0 Å². The summed E-state index contributed by atoms with van der Waals surface area (Å²) >= 11 is 0. The van der Waals surface area contributed by atoms with Gasteiger partial charge in [-0.3, -0.25) is 0 Å². The van der Waals surface area contributed by atoms with E-state index in [2.05, 4.69) is 161 Å². The lowest BCUT2D eigenvalue weighted by atomic mass is 9.85. The van der Waals surface area contributed by atoms with Crippen LogP contribution in [0.25, 0.3) is 65.7 Å². The highest BCUT2D eigenvalue weighted by Crippen LogP contribution is 2.44. The molecule has 7 rings (SSSR count). The molecule has 210 valence electrons. The number of hydrogen-bond donors (Lipinski definition) is 0. The van der Waals surface area contributed by atoms with Gasteiger partial charge in [0.2, 0.25) is 0 Å². The maximum Gasteiger partial charge on any atom is -0.00263 e. The molecule has 0 aliphatic carbocycles. The van der Waals surface area contributed by atoms with Crippen molar-refractivity contribution in [2.45, 2.75) is 33.6 Å². The second-order valence-corrected chi connectivity index (χ2v) is 11.3. The molecule has 0 saturated carbocycles. The summed E-state index contributed by atoms with van der Waals surface area (Å²) in [5.41, 5.74) is 10.3. The van der Waals surface area contributed by atoms with Crippen molar-refractivity contribution < 1.29 is 0 Å². The largest absolute Gasteiger partial charge is 0.103 e. The predicted octanol–water partition coefficient (Wildman–Crippen LogP) is 12.7. The van der Waals surface area contributed by atoms with Crippen LogP contribution in [0.15, 0.2) is 146 Å². The summed E-state index contributed by atoms with van der Waals surface area (Å²) in [6.45, 7) is 10.2. The van der Waals surface area contributed by atoms with Crippen LogP contribution in [0.2, 0.25) is 0 Å². The van der Waals surface area contributed by atoms with E-state index in [4.69, 9.17) is 0 Å². The molecule has 0 N–H and O–H groups in total. The molecule has 0 aliphatic rings. The first-order valence-electron chi connectivity index (χ1n) is 15.3. The summed E-state index contributed by atoms with van der Waals surface area (Å²) in [5, 5.41) is 7.74. The van der Waals surface area contributed by atoms with Crippen molar-refractivity contribution in [3.63, 3.8) is 0 Å². The van der Waals surface area contributed by atoms with Crippen LogP contribution in [0.1, 0.15) is 30.9 Å². The molecule has 0 aromatic heterocycles. The third-order valence-corrected chi connectivity index (χ3v) is 8.38. The van der Waals surface area contributed by atoms with Crippen molar-refractivity contribution in [3.8, 4) is 33.4 Å². The molecule has 7 aromatic rings. The molecule has 0 heteroatoms. The molecular weight excluding hydrogens is 516 g/mol. The Labute approximate surface area is 256 Å². The van der Waals surface area contributed by atoms with E-state index in [9.17, 15) is 0 Å². The van der Waals surface area contributed by atoms with Crippen LogP contribution in [0, 0.1) is 13.8 Å². The van der Waals surface area contributed by atoms with Crippen LogP contribution in [0.4, 0.5) is 0 Å².